The second-order valence-electron chi connectivity index (χ2n) is 4.35. The van der Waals surface area contributed by atoms with E-state index in [-0.39, 0.29) is 18.3 Å². The van der Waals surface area contributed by atoms with Gasteiger partial charge in [-0.3, -0.25) is 0 Å². The fraction of sp³-hybridized carbons (Fsp3) is 0.500. The molecule has 1 fully saturated rings. The van der Waals surface area contributed by atoms with Crippen molar-refractivity contribution in [2.45, 2.75) is 12.8 Å². The molecule has 1 aromatic rings. The van der Waals surface area contributed by atoms with Crippen LogP contribution in [0.4, 0.5) is 15.8 Å². The van der Waals surface area contributed by atoms with Gasteiger partial charge in [0.05, 0.1) is 5.69 Å². The Morgan fingerprint density at radius 1 is 1.50 bits per heavy atom. The molecule has 0 radical (unpaired) electrons. The topological polar surface area (TPSA) is 49.5 Å². The molecule has 1 aliphatic rings. The minimum Gasteiger partial charge on any atom is -0.399 e. The third-order valence-electron chi connectivity index (χ3n) is 3.09. The first kappa shape index (κ1) is 11.2. The molecule has 0 spiro atoms. The lowest BCUT2D eigenvalue weighted by molar-refractivity contribution is 0.208. The zero-order valence-corrected chi connectivity index (χ0v) is 9.19. The molecule has 2 rings (SSSR count). The van der Waals surface area contributed by atoms with E-state index in [0.717, 1.165) is 25.9 Å². The third kappa shape index (κ3) is 2.27. The number of nitrogen functional groups attached to an aromatic ring is 1. The number of halogens is 1. The van der Waals surface area contributed by atoms with Gasteiger partial charge >= 0.3 is 0 Å². The van der Waals surface area contributed by atoms with E-state index >= 15 is 0 Å². The molecule has 0 aromatic heterocycles. The van der Waals surface area contributed by atoms with Crippen LogP contribution < -0.4 is 10.6 Å². The van der Waals surface area contributed by atoms with E-state index in [1.165, 1.54) is 6.07 Å². The number of benzene rings is 1. The van der Waals surface area contributed by atoms with Crippen LogP contribution in [-0.2, 0) is 0 Å². The summed E-state index contributed by atoms with van der Waals surface area (Å²) in [5.74, 6) is -0.0238. The lowest BCUT2D eigenvalue weighted by Crippen LogP contribution is -2.37. The van der Waals surface area contributed by atoms with E-state index in [0.29, 0.717) is 11.4 Å². The summed E-state index contributed by atoms with van der Waals surface area (Å²) in [6, 6.07) is 4.77. The van der Waals surface area contributed by atoms with Gasteiger partial charge in [-0.25, -0.2) is 4.39 Å². The van der Waals surface area contributed by atoms with Crippen LogP contribution in [0, 0.1) is 11.7 Å². The summed E-state index contributed by atoms with van der Waals surface area (Å²) in [6.07, 6.45) is 2.01. The highest BCUT2D eigenvalue weighted by atomic mass is 19.1. The number of anilines is 2. The van der Waals surface area contributed by atoms with Gasteiger partial charge in [-0.05, 0) is 37.0 Å². The van der Waals surface area contributed by atoms with Crippen molar-refractivity contribution >= 4 is 11.4 Å². The van der Waals surface area contributed by atoms with E-state index in [1.807, 2.05) is 4.90 Å². The van der Waals surface area contributed by atoms with Crippen LogP contribution >= 0.6 is 0 Å². The smallest absolute Gasteiger partial charge is 0.148 e. The summed E-state index contributed by atoms with van der Waals surface area (Å²) in [7, 11) is 0. The Hall–Kier alpha value is -1.29. The van der Waals surface area contributed by atoms with E-state index in [1.54, 1.807) is 12.1 Å². The molecule has 1 aliphatic heterocycles. The van der Waals surface area contributed by atoms with Crippen molar-refractivity contribution in [2.24, 2.45) is 5.92 Å². The molecule has 3 N–H and O–H groups in total. The molecule has 1 aromatic carbocycles. The maximum atomic E-state index is 13.7. The van der Waals surface area contributed by atoms with Crippen molar-refractivity contribution in [3.05, 3.63) is 24.0 Å². The molecule has 16 heavy (non-hydrogen) atoms. The van der Waals surface area contributed by atoms with Gasteiger partial charge in [0.25, 0.3) is 0 Å². The molecule has 0 aliphatic carbocycles. The number of rotatable bonds is 2. The van der Waals surface area contributed by atoms with Crippen molar-refractivity contribution in [3.63, 3.8) is 0 Å². The average Bonchev–Trinajstić information content (AvgIpc) is 2.29. The highest BCUT2D eigenvalue weighted by molar-refractivity contribution is 5.54. The molecule has 1 atom stereocenters. The summed E-state index contributed by atoms with van der Waals surface area (Å²) in [6.45, 7) is 1.74. The van der Waals surface area contributed by atoms with Gasteiger partial charge in [0.2, 0.25) is 0 Å². The van der Waals surface area contributed by atoms with Crippen LogP contribution in [0.5, 0.6) is 0 Å². The number of aliphatic hydroxyl groups is 1. The summed E-state index contributed by atoms with van der Waals surface area (Å²) in [5, 5.41) is 9.13. The second kappa shape index (κ2) is 4.70. The van der Waals surface area contributed by atoms with Gasteiger partial charge in [0.1, 0.15) is 5.82 Å². The first-order chi connectivity index (χ1) is 7.70. The molecular weight excluding hydrogens is 207 g/mol. The van der Waals surface area contributed by atoms with Crippen LogP contribution in [0.1, 0.15) is 12.8 Å². The molecular formula is C12H17FN2O. The van der Waals surface area contributed by atoms with Crippen molar-refractivity contribution < 1.29 is 9.50 Å². The van der Waals surface area contributed by atoms with Crippen LogP contribution in [0.3, 0.4) is 0 Å². The number of hydrogen-bond donors (Lipinski definition) is 2. The van der Waals surface area contributed by atoms with Gasteiger partial charge in [-0.1, -0.05) is 0 Å². The SMILES string of the molecule is Nc1ccc(N2CCCC(CO)C2)c(F)c1. The lowest BCUT2D eigenvalue weighted by Gasteiger charge is -2.33. The van der Waals surface area contributed by atoms with Gasteiger partial charge in [0.15, 0.2) is 0 Å². The predicted octanol–water partition coefficient (Wildman–Crippen LogP) is 1.62. The van der Waals surface area contributed by atoms with Gasteiger partial charge in [0, 0.05) is 25.4 Å². The molecule has 0 saturated carbocycles. The van der Waals surface area contributed by atoms with Crippen LogP contribution in [0.2, 0.25) is 0 Å². The van der Waals surface area contributed by atoms with Gasteiger partial charge in [-0.15, -0.1) is 0 Å². The second-order valence-corrected chi connectivity index (χ2v) is 4.35. The Morgan fingerprint density at radius 2 is 2.31 bits per heavy atom. The number of hydrogen-bond acceptors (Lipinski definition) is 3. The number of nitrogens with zero attached hydrogens (tertiary/aromatic N) is 1. The van der Waals surface area contributed by atoms with Gasteiger partial charge in [-0.2, -0.15) is 0 Å². The zero-order valence-electron chi connectivity index (χ0n) is 9.19. The molecule has 3 nitrogen and oxygen atoms in total. The van der Waals surface area contributed by atoms with Crippen molar-refractivity contribution in [1.82, 2.24) is 0 Å². The summed E-state index contributed by atoms with van der Waals surface area (Å²) >= 11 is 0. The minimum atomic E-state index is -0.279. The largest absolute Gasteiger partial charge is 0.399 e. The zero-order chi connectivity index (χ0) is 11.5. The maximum absolute atomic E-state index is 13.7. The fourth-order valence-electron chi connectivity index (χ4n) is 2.21. The minimum absolute atomic E-state index is 0.174. The van der Waals surface area contributed by atoms with Crippen molar-refractivity contribution in [3.8, 4) is 0 Å². The van der Waals surface area contributed by atoms with Crippen LogP contribution in [-0.4, -0.2) is 24.8 Å². The Labute approximate surface area is 94.7 Å². The van der Waals surface area contributed by atoms with E-state index in [9.17, 15) is 4.39 Å². The normalized spacial score (nSPS) is 21.1. The summed E-state index contributed by atoms with van der Waals surface area (Å²) in [5.41, 5.74) is 6.54. The molecule has 88 valence electrons. The number of piperidine rings is 1. The molecule has 1 unspecified atom stereocenters. The molecule has 4 heteroatoms. The number of aliphatic hydroxyl groups excluding tert-OH is 1. The Morgan fingerprint density at radius 3 is 3.00 bits per heavy atom. The highest BCUT2D eigenvalue weighted by Gasteiger charge is 2.21. The average molecular weight is 224 g/mol. The number of nitrogens with two attached hydrogens (primary N) is 1. The third-order valence-corrected chi connectivity index (χ3v) is 3.09. The quantitative estimate of drug-likeness (QED) is 0.750. The van der Waals surface area contributed by atoms with Crippen molar-refractivity contribution in [2.75, 3.05) is 30.3 Å². The fourth-order valence-corrected chi connectivity index (χ4v) is 2.21. The van der Waals surface area contributed by atoms with Crippen LogP contribution in [0.15, 0.2) is 18.2 Å². The first-order valence-corrected chi connectivity index (χ1v) is 5.61. The molecule has 1 saturated heterocycles. The summed E-state index contributed by atoms with van der Waals surface area (Å²) < 4.78 is 13.7. The van der Waals surface area contributed by atoms with Gasteiger partial charge < -0.3 is 15.7 Å². The van der Waals surface area contributed by atoms with E-state index < -0.39 is 0 Å². The molecule has 0 amide bonds. The Kier molecular flexibility index (Phi) is 3.29. The summed E-state index contributed by atoms with van der Waals surface area (Å²) in [4.78, 5) is 1.99. The lowest BCUT2D eigenvalue weighted by atomic mass is 9.98. The Bertz CT molecular complexity index is 370. The van der Waals surface area contributed by atoms with E-state index in [2.05, 4.69) is 0 Å². The van der Waals surface area contributed by atoms with Crippen molar-refractivity contribution in [1.29, 1.82) is 0 Å². The van der Waals surface area contributed by atoms with E-state index in [4.69, 9.17) is 10.8 Å². The predicted molar refractivity (Wildman–Crippen MR) is 62.8 cm³/mol. The standard InChI is InChI=1S/C12H17FN2O/c13-11-6-10(14)3-4-12(11)15-5-1-2-9(7-15)8-16/h3-4,6,9,16H,1-2,5,7-8,14H2. The van der Waals surface area contributed by atoms with Crippen LogP contribution in [0.25, 0.3) is 0 Å². The monoisotopic (exact) mass is 224 g/mol. The first-order valence-electron chi connectivity index (χ1n) is 5.61. The highest BCUT2D eigenvalue weighted by Crippen LogP contribution is 2.26. The maximum Gasteiger partial charge on any atom is 0.148 e. The molecule has 1 heterocycles. The Balaban J connectivity index is 2.16. The molecule has 0 bridgehead atoms.